The Labute approximate surface area is 107 Å². The molecule has 1 amide bonds. The van der Waals surface area contributed by atoms with Crippen molar-refractivity contribution in [2.24, 2.45) is 11.8 Å². The van der Waals surface area contributed by atoms with Gasteiger partial charge in [-0.15, -0.1) is 0 Å². The number of nitrogens with zero attached hydrogens (tertiary/aromatic N) is 3. The molecule has 1 aromatic heterocycles. The number of nitrogens with one attached hydrogen (secondary N) is 1. The molecule has 1 aliphatic rings. The van der Waals surface area contributed by atoms with E-state index in [1.807, 2.05) is 4.90 Å². The fourth-order valence-corrected chi connectivity index (χ4v) is 2.24. The molecule has 1 saturated heterocycles. The van der Waals surface area contributed by atoms with Gasteiger partial charge in [0.25, 0.3) is 5.91 Å². The molecule has 0 bridgehead atoms. The molecule has 98 valence electrons. The molecule has 6 heteroatoms. The number of carbonyl (C=O) groups excluding carboxylic acids is 1. The van der Waals surface area contributed by atoms with Crippen molar-refractivity contribution >= 4 is 11.7 Å². The predicted octanol–water partition coefficient (Wildman–Crippen LogP) is 1.02. The van der Waals surface area contributed by atoms with Gasteiger partial charge in [-0.25, -0.2) is 10.8 Å². The number of rotatable bonds is 3. The minimum Gasteiger partial charge on any atom is -0.337 e. The number of hydrogen-bond donors (Lipinski definition) is 2. The number of nitrogen functional groups attached to an aromatic ring is 1. The summed E-state index contributed by atoms with van der Waals surface area (Å²) < 4.78 is 0. The number of piperidine rings is 1. The van der Waals surface area contributed by atoms with Crippen molar-refractivity contribution in [2.45, 2.75) is 26.2 Å². The van der Waals surface area contributed by atoms with Crippen LogP contribution in [0.5, 0.6) is 0 Å². The summed E-state index contributed by atoms with van der Waals surface area (Å²) in [6.07, 6.45) is 6.30. The molecule has 2 heterocycles. The second-order valence-corrected chi connectivity index (χ2v) is 4.58. The van der Waals surface area contributed by atoms with Crippen molar-refractivity contribution in [2.75, 3.05) is 18.5 Å². The maximum atomic E-state index is 12.2. The summed E-state index contributed by atoms with van der Waals surface area (Å²) in [7, 11) is 0. The predicted molar refractivity (Wildman–Crippen MR) is 68.8 cm³/mol. The molecule has 0 radical (unpaired) electrons. The van der Waals surface area contributed by atoms with Gasteiger partial charge in [0.2, 0.25) is 0 Å². The third-order valence-corrected chi connectivity index (χ3v) is 3.48. The topological polar surface area (TPSA) is 84.1 Å². The van der Waals surface area contributed by atoms with Crippen LogP contribution in [-0.4, -0.2) is 33.9 Å². The van der Waals surface area contributed by atoms with Crippen LogP contribution < -0.4 is 11.3 Å². The third kappa shape index (κ3) is 2.76. The normalized spacial score (nSPS) is 16.7. The van der Waals surface area contributed by atoms with Crippen molar-refractivity contribution in [3.63, 3.8) is 0 Å². The van der Waals surface area contributed by atoms with E-state index in [-0.39, 0.29) is 5.91 Å². The maximum absolute atomic E-state index is 12.2. The summed E-state index contributed by atoms with van der Waals surface area (Å²) in [5, 5.41) is 0. The van der Waals surface area contributed by atoms with Crippen LogP contribution in [0, 0.1) is 5.92 Å². The lowest BCUT2D eigenvalue weighted by atomic mass is 9.94. The van der Waals surface area contributed by atoms with Gasteiger partial charge >= 0.3 is 0 Å². The minimum atomic E-state index is -0.0610. The van der Waals surface area contributed by atoms with Gasteiger partial charge in [-0.3, -0.25) is 9.78 Å². The average Bonchev–Trinajstić information content (AvgIpc) is 2.46. The van der Waals surface area contributed by atoms with E-state index in [1.54, 1.807) is 0 Å². The lowest BCUT2D eigenvalue weighted by Gasteiger charge is -2.31. The summed E-state index contributed by atoms with van der Waals surface area (Å²) in [5.41, 5.74) is 2.74. The number of carbonyl (C=O) groups is 1. The summed E-state index contributed by atoms with van der Waals surface area (Å²) in [6, 6.07) is 0. The zero-order valence-corrected chi connectivity index (χ0v) is 10.6. The van der Waals surface area contributed by atoms with Gasteiger partial charge in [0.15, 0.2) is 5.82 Å². The molecule has 6 nitrogen and oxygen atoms in total. The molecular formula is C12H19N5O. The van der Waals surface area contributed by atoms with Crippen LogP contribution in [0.3, 0.4) is 0 Å². The number of hydrogen-bond acceptors (Lipinski definition) is 5. The van der Waals surface area contributed by atoms with Crippen LogP contribution in [0.1, 0.15) is 36.7 Å². The molecule has 1 fully saturated rings. The number of anilines is 1. The molecule has 0 atom stereocenters. The molecular weight excluding hydrogens is 230 g/mol. The molecule has 18 heavy (non-hydrogen) atoms. The minimum absolute atomic E-state index is 0.0610. The average molecular weight is 249 g/mol. The van der Waals surface area contributed by atoms with Crippen LogP contribution in [0.2, 0.25) is 0 Å². The molecule has 3 N–H and O–H groups in total. The summed E-state index contributed by atoms with van der Waals surface area (Å²) in [6.45, 7) is 3.81. The highest BCUT2D eigenvalue weighted by molar-refractivity contribution is 5.92. The van der Waals surface area contributed by atoms with Crippen LogP contribution in [0.15, 0.2) is 12.4 Å². The Morgan fingerprint density at radius 2 is 2.22 bits per heavy atom. The first-order valence-electron chi connectivity index (χ1n) is 6.32. The molecule has 1 aliphatic heterocycles. The van der Waals surface area contributed by atoms with Crippen molar-refractivity contribution in [3.05, 3.63) is 18.1 Å². The van der Waals surface area contributed by atoms with Gasteiger partial charge in [-0.2, -0.15) is 0 Å². The monoisotopic (exact) mass is 249 g/mol. The zero-order valence-electron chi connectivity index (χ0n) is 10.6. The largest absolute Gasteiger partial charge is 0.337 e. The number of nitrogens with two attached hydrogens (primary N) is 1. The first kappa shape index (κ1) is 12.8. The maximum Gasteiger partial charge on any atom is 0.274 e. The van der Waals surface area contributed by atoms with Gasteiger partial charge in [0.1, 0.15) is 5.69 Å². The van der Waals surface area contributed by atoms with Gasteiger partial charge in [0, 0.05) is 13.1 Å². The number of hydrazine groups is 1. The lowest BCUT2D eigenvalue weighted by molar-refractivity contribution is 0.0682. The van der Waals surface area contributed by atoms with E-state index in [0.29, 0.717) is 11.5 Å². The summed E-state index contributed by atoms with van der Waals surface area (Å²) >= 11 is 0. The Balaban J connectivity index is 2.03. The Morgan fingerprint density at radius 1 is 1.50 bits per heavy atom. The molecule has 2 rings (SSSR count). The molecule has 0 aromatic carbocycles. The van der Waals surface area contributed by atoms with Crippen molar-refractivity contribution in [3.8, 4) is 0 Å². The van der Waals surface area contributed by atoms with Crippen LogP contribution in [0.4, 0.5) is 5.82 Å². The number of likely N-dealkylation sites (tertiary alicyclic amines) is 1. The smallest absolute Gasteiger partial charge is 0.274 e. The Morgan fingerprint density at radius 3 is 2.83 bits per heavy atom. The van der Waals surface area contributed by atoms with E-state index in [1.165, 1.54) is 18.8 Å². The van der Waals surface area contributed by atoms with Crippen molar-refractivity contribution < 1.29 is 4.79 Å². The summed E-state index contributed by atoms with van der Waals surface area (Å²) in [5.74, 6) is 6.35. The highest BCUT2D eigenvalue weighted by Crippen LogP contribution is 2.21. The Hall–Kier alpha value is -1.69. The van der Waals surface area contributed by atoms with Gasteiger partial charge in [0.05, 0.1) is 12.4 Å². The van der Waals surface area contributed by atoms with Gasteiger partial charge < -0.3 is 10.3 Å². The Kier molecular flexibility index (Phi) is 4.09. The van der Waals surface area contributed by atoms with Crippen LogP contribution >= 0.6 is 0 Å². The first-order valence-corrected chi connectivity index (χ1v) is 6.32. The highest BCUT2D eigenvalue weighted by Gasteiger charge is 2.23. The molecule has 0 unspecified atom stereocenters. The van der Waals surface area contributed by atoms with E-state index in [0.717, 1.165) is 31.8 Å². The van der Waals surface area contributed by atoms with E-state index < -0.39 is 0 Å². The van der Waals surface area contributed by atoms with E-state index in [2.05, 4.69) is 22.3 Å². The van der Waals surface area contributed by atoms with E-state index >= 15 is 0 Å². The quantitative estimate of drug-likeness (QED) is 0.617. The lowest BCUT2D eigenvalue weighted by Crippen LogP contribution is -2.38. The first-order chi connectivity index (χ1) is 8.74. The van der Waals surface area contributed by atoms with Crippen molar-refractivity contribution in [1.82, 2.24) is 14.9 Å². The Bertz CT molecular complexity index is 415. The van der Waals surface area contributed by atoms with Crippen LogP contribution in [0.25, 0.3) is 0 Å². The fraction of sp³-hybridized carbons (Fsp3) is 0.583. The van der Waals surface area contributed by atoms with Crippen LogP contribution in [-0.2, 0) is 0 Å². The second kappa shape index (κ2) is 5.77. The molecule has 0 spiro atoms. The molecule has 1 aromatic rings. The zero-order chi connectivity index (χ0) is 13.0. The fourth-order valence-electron chi connectivity index (χ4n) is 2.24. The second-order valence-electron chi connectivity index (χ2n) is 4.58. The SMILES string of the molecule is CCC1CCN(C(=O)c2cncc(NN)n2)CC1. The summed E-state index contributed by atoms with van der Waals surface area (Å²) in [4.78, 5) is 22.1. The van der Waals surface area contributed by atoms with Gasteiger partial charge in [-0.05, 0) is 18.8 Å². The number of amides is 1. The third-order valence-electron chi connectivity index (χ3n) is 3.48. The molecule has 0 saturated carbocycles. The van der Waals surface area contributed by atoms with Gasteiger partial charge in [-0.1, -0.05) is 13.3 Å². The van der Waals surface area contributed by atoms with Crippen molar-refractivity contribution in [1.29, 1.82) is 0 Å². The van der Waals surface area contributed by atoms with E-state index in [9.17, 15) is 4.79 Å². The highest BCUT2D eigenvalue weighted by atomic mass is 16.2. The molecule has 0 aliphatic carbocycles. The standard InChI is InChI=1S/C12H19N5O/c1-2-9-3-5-17(6-4-9)12(18)10-7-14-8-11(15-10)16-13/h7-9H,2-6,13H2,1H3,(H,15,16). The number of aromatic nitrogens is 2. The van der Waals surface area contributed by atoms with E-state index in [4.69, 9.17) is 5.84 Å².